The Labute approximate surface area is 121 Å². The minimum Gasteiger partial charge on any atom is -0.394 e. The van der Waals surface area contributed by atoms with Crippen molar-refractivity contribution in [3.63, 3.8) is 0 Å². The van der Waals surface area contributed by atoms with E-state index in [9.17, 15) is 9.90 Å². The van der Waals surface area contributed by atoms with E-state index in [1.54, 1.807) is 11.1 Å². The third kappa shape index (κ3) is 2.21. The minimum absolute atomic E-state index is 0.00169. The van der Waals surface area contributed by atoms with Crippen molar-refractivity contribution in [2.24, 2.45) is 0 Å². The summed E-state index contributed by atoms with van der Waals surface area (Å²) in [5.41, 5.74) is 0.453. The van der Waals surface area contributed by atoms with Crippen LogP contribution in [0.4, 0.5) is 0 Å². The number of aliphatic hydroxyl groups is 1. The Morgan fingerprint density at radius 2 is 2.40 bits per heavy atom. The van der Waals surface area contributed by atoms with Gasteiger partial charge in [-0.1, -0.05) is 0 Å². The Balaban J connectivity index is 1.83. The van der Waals surface area contributed by atoms with E-state index >= 15 is 0 Å². The fourth-order valence-electron chi connectivity index (χ4n) is 2.67. The maximum Gasteiger partial charge on any atom is 0.274 e. The molecule has 7 heteroatoms. The summed E-state index contributed by atoms with van der Waals surface area (Å²) >= 11 is 1.50. The van der Waals surface area contributed by atoms with E-state index in [1.807, 2.05) is 30.1 Å². The molecule has 20 heavy (non-hydrogen) atoms. The van der Waals surface area contributed by atoms with Gasteiger partial charge in [-0.15, -0.1) is 11.3 Å². The summed E-state index contributed by atoms with van der Waals surface area (Å²) in [4.78, 5) is 21.6. The number of carbonyl (C=O) groups is 1. The Bertz CT molecular complexity index is 592. The van der Waals surface area contributed by atoms with Crippen LogP contribution in [0.5, 0.6) is 0 Å². The number of likely N-dealkylation sites (tertiary alicyclic amines) is 1. The number of hydrogen-bond acceptors (Lipinski definition) is 5. The highest BCUT2D eigenvalue weighted by Crippen LogP contribution is 2.23. The molecule has 1 N–H and O–H groups in total. The number of likely N-dealkylation sites (N-methyl/N-ethyl adjacent to an activating group) is 1. The van der Waals surface area contributed by atoms with Gasteiger partial charge in [-0.3, -0.25) is 9.20 Å². The molecule has 2 aromatic rings. The number of aliphatic hydroxyl groups excluding tert-OH is 1. The quantitative estimate of drug-likeness (QED) is 0.897. The van der Waals surface area contributed by atoms with Gasteiger partial charge in [0, 0.05) is 30.4 Å². The highest BCUT2D eigenvalue weighted by Gasteiger charge is 2.36. The van der Waals surface area contributed by atoms with Gasteiger partial charge >= 0.3 is 0 Å². The van der Waals surface area contributed by atoms with Gasteiger partial charge in [0.15, 0.2) is 4.96 Å². The van der Waals surface area contributed by atoms with E-state index < -0.39 is 0 Å². The van der Waals surface area contributed by atoms with Crippen LogP contribution in [0.15, 0.2) is 17.8 Å². The number of imidazole rings is 1. The van der Waals surface area contributed by atoms with Gasteiger partial charge in [-0.2, -0.15) is 0 Å². The molecule has 3 heterocycles. The minimum atomic E-state index is -0.116. The first kappa shape index (κ1) is 13.5. The molecule has 0 aromatic carbocycles. The first-order chi connectivity index (χ1) is 9.60. The van der Waals surface area contributed by atoms with Crippen molar-refractivity contribution in [1.29, 1.82) is 0 Å². The lowest BCUT2D eigenvalue weighted by Crippen LogP contribution is -2.39. The van der Waals surface area contributed by atoms with Crippen LogP contribution in [0.3, 0.4) is 0 Å². The van der Waals surface area contributed by atoms with Gasteiger partial charge in [0.2, 0.25) is 0 Å². The molecule has 3 rings (SSSR count). The number of nitrogens with zero attached hydrogens (tertiary/aromatic N) is 4. The second kappa shape index (κ2) is 5.16. The molecule has 0 spiro atoms. The van der Waals surface area contributed by atoms with E-state index in [1.165, 1.54) is 11.3 Å². The summed E-state index contributed by atoms with van der Waals surface area (Å²) in [5, 5.41) is 11.4. The molecule has 1 aliphatic rings. The fraction of sp³-hybridized carbons (Fsp3) is 0.538. The Morgan fingerprint density at radius 3 is 3.05 bits per heavy atom. The van der Waals surface area contributed by atoms with Gasteiger partial charge in [-0.05, 0) is 20.5 Å². The summed E-state index contributed by atoms with van der Waals surface area (Å²) in [6.45, 7) is 0.639. The lowest BCUT2D eigenvalue weighted by molar-refractivity contribution is 0.0668. The first-order valence-electron chi connectivity index (χ1n) is 6.60. The highest BCUT2D eigenvalue weighted by molar-refractivity contribution is 7.15. The zero-order chi connectivity index (χ0) is 14.3. The standard InChI is InChI=1S/C13H18N4O2S/c1-15(2)9-5-10(8-18)17(6-9)12(19)11-7-16-3-4-20-13(16)14-11/h3-4,7,9-10,18H,5-6,8H2,1-2H3/t9-,10+/m1/s1. The van der Waals surface area contributed by atoms with E-state index in [-0.39, 0.29) is 18.6 Å². The van der Waals surface area contributed by atoms with Crippen molar-refractivity contribution in [3.8, 4) is 0 Å². The Morgan fingerprint density at radius 1 is 1.60 bits per heavy atom. The van der Waals surface area contributed by atoms with Crippen LogP contribution in [0.25, 0.3) is 4.96 Å². The molecule has 1 aliphatic heterocycles. The molecule has 1 fully saturated rings. The number of rotatable bonds is 3. The van der Waals surface area contributed by atoms with E-state index in [0.29, 0.717) is 18.3 Å². The summed E-state index contributed by atoms with van der Waals surface area (Å²) in [6, 6.07) is 0.175. The highest BCUT2D eigenvalue weighted by atomic mass is 32.1. The molecule has 2 aromatic heterocycles. The van der Waals surface area contributed by atoms with Crippen molar-refractivity contribution in [2.45, 2.75) is 18.5 Å². The van der Waals surface area contributed by atoms with Crippen LogP contribution in [-0.4, -0.2) is 69.5 Å². The summed E-state index contributed by atoms with van der Waals surface area (Å²) < 4.78 is 1.85. The number of thiazole rings is 1. The van der Waals surface area contributed by atoms with Crippen molar-refractivity contribution < 1.29 is 9.90 Å². The SMILES string of the molecule is CN(C)[C@@H]1C[C@@H](CO)N(C(=O)c2cn3ccsc3n2)C1. The monoisotopic (exact) mass is 294 g/mol. The van der Waals surface area contributed by atoms with Crippen LogP contribution in [0, 0.1) is 0 Å². The van der Waals surface area contributed by atoms with Gasteiger partial charge < -0.3 is 14.9 Å². The molecular formula is C13H18N4O2S. The largest absolute Gasteiger partial charge is 0.394 e. The fourth-order valence-corrected chi connectivity index (χ4v) is 3.37. The lowest BCUT2D eigenvalue weighted by atomic mass is 10.1. The number of hydrogen-bond donors (Lipinski definition) is 1. The lowest BCUT2D eigenvalue weighted by Gasteiger charge is -2.22. The number of amides is 1. The van der Waals surface area contributed by atoms with E-state index in [4.69, 9.17) is 0 Å². The maximum absolute atomic E-state index is 12.6. The zero-order valence-electron chi connectivity index (χ0n) is 11.6. The Hall–Kier alpha value is -1.44. The number of carbonyl (C=O) groups excluding carboxylic acids is 1. The molecule has 0 aliphatic carbocycles. The van der Waals surface area contributed by atoms with Gasteiger partial charge in [0.05, 0.1) is 12.6 Å². The predicted molar refractivity (Wildman–Crippen MR) is 77.1 cm³/mol. The van der Waals surface area contributed by atoms with Crippen molar-refractivity contribution in [1.82, 2.24) is 19.2 Å². The number of fused-ring (bicyclic) bond motifs is 1. The number of aromatic nitrogens is 2. The summed E-state index contributed by atoms with van der Waals surface area (Å²) in [6.07, 6.45) is 4.45. The molecule has 108 valence electrons. The summed E-state index contributed by atoms with van der Waals surface area (Å²) in [7, 11) is 4.00. The van der Waals surface area contributed by atoms with E-state index in [2.05, 4.69) is 9.88 Å². The molecular weight excluding hydrogens is 276 g/mol. The van der Waals surface area contributed by atoms with Gasteiger partial charge in [-0.25, -0.2) is 4.98 Å². The average Bonchev–Trinajstić information content (AvgIpc) is 3.10. The Kier molecular flexibility index (Phi) is 3.49. The smallest absolute Gasteiger partial charge is 0.274 e. The van der Waals surface area contributed by atoms with Crippen molar-refractivity contribution in [3.05, 3.63) is 23.5 Å². The molecule has 6 nitrogen and oxygen atoms in total. The zero-order valence-corrected chi connectivity index (χ0v) is 12.4. The molecule has 0 unspecified atom stereocenters. The molecule has 0 bridgehead atoms. The first-order valence-corrected chi connectivity index (χ1v) is 7.48. The average molecular weight is 294 g/mol. The van der Waals surface area contributed by atoms with Crippen LogP contribution < -0.4 is 0 Å². The van der Waals surface area contributed by atoms with Gasteiger partial charge in [0.1, 0.15) is 5.69 Å². The summed E-state index contributed by atoms with van der Waals surface area (Å²) in [5.74, 6) is -0.0932. The molecule has 1 saturated heterocycles. The van der Waals surface area contributed by atoms with Crippen molar-refractivity contribution >= 4 is 22.2 Å². The normalized spacial score (nSPS) is 23.1. The predicted octanol–water partition coefficient (Wildman–Crippen LogP) is 0.533. The maximum atomic E-state index is 12.6. The van der Waals surface area contributed by atoms with Crippen molar-refractivity contribution in [2.75, 3.05) is 27.2 Å². The molecule has 0 saturated carbocycles. The molecule has 1 amide bonds. The second-order valence-corrected chi connectivity index (χ2v) is 6.24. The third-order valence-corrected chi connectivity index (χ3v) is 4.68. The topological polar surface area (TPSA) is 61.1 Å². The van der Waals surface area contributed by atoms with Crippen LogP contribution >= 0.6 is 11.3 Å². The van der Waals surface area contributed by atoms with E-state index in [0.717, 1.165) is 11.4 Å². The van der Waals surface area contributed by atoms with Gasteiger partial charge in [0.25, 0.3) is 5.91 Å². The van der Waals surface area contributed by atoms with Crippen LogP contribution in [0.1, 0.15) is 16.9 Å². The third-order valence-electron chi connectivity index (χ3n) is 3.91. The second-order valence-electron chi connectivity index (χ2n) is 5.37. The molecule has 2 atom stereocenters. The molecule has 0 radical (unpaired) electrons. The van der Waals surface area contributed by atoms with Crippen LogP contribution in [-0.2, 0) is 0 Å². The van der Waals surface area contributed by atoms with Crippen LogP contribution in [0.2, 0.25) is 0 Å².